The van der Waals surface area contributed by atoms with Crippen molar-refractivity contribution in [3.63, 3.8) is 0 Å². The van der Waals surface area contributed by atoms with E-state index < -0.39 is 24.8 Å². The highest BCUT2D eigenvalue weighted by molar-refractivity contribution is 6.67. The van der Waals surface area contributed by atoms with Crippen LogP contribution in [0.1, 0.15) is 19.8 Å². The van der Waals surface area contributed by atoms with Crippen LogP contribution in [-0.4, -0.2) is 64.2 Å². The van der Waals surface area contributed by atoms with Gasteiger partial charge in [0.05, 0.1) is 12.3 Å². The molecule has 1 amide bonds. The van der Waals surface area contributed by atoms with Crippen LogP contribution in [0.5, 0.6) is 5.75 Å². The van der Waals surface area contributed by atoms with Gasteiger partial charge in [-0.3, -0.25) is 15.1 Å². The first-order valence-electron chi connectivity index (χ1n) is 9.68. The first-order valence-corrected chi connectivity index (χ1v) is 10.1. The third kappa shape index (κ3) is 6.24. The quantitative estimate of drug-likeness (QED) is 0.210. The Kier molecular flexibility index (Phi) is 10.7. The van der Waals surface area contributed by atoms with Gasteiger partial charge in [0.1, 0.15) is 35.6 Å². The molecule has 9 N–H and O–H groups in total. The number of para-hydroxylation sites is 2. The molecular formula is C19H29Cl2N7O4. The Hall–Kier alpha value is -2.57. The fraction of sp³-hybridized carbons (Fsp3) is 0.421. The van der Waals surface area contributed by atoms with Gasteiger partial charge >= 0.3 is 0 Å². The third-order valence-corrected chi connectivity index (χ3v) is 4.80. The summed E-state index contributed by atoms with van der Waals surface area (Å²) >= 11 is 6.09. The molecule has 2 unspecified atom stereocenters. The number of primary amides is 1. The summed E-state index contributed by atoms with van der Waals surface area (Å²) in [7, 11) is 0. The molecule has 2 atom stereocenters. The standard InChI is InChI=1S/C19H28ClN7O4.ClH/c1-2-3-8-26(12-6-4-5-7-13(12)31-10-11(29)9-28)19(24)27-16(21)14(18(23)30)25-15(20)17(27)22;/h4-7,11,17,24,28-29H,2-3,8-10,21-22H2,1H3,(H2,23,30);1H. The summed E-state index contributed by atoms with van der Waals surface area (Å²) < 4.78 is 5.66. The van der Waals surface area contributed by atoms with Crippen LogP contribution in [0.15, 0.2) is 40.8 Å². The number of aliphatic hydroxyl groups is 2. The molecule has 1 aromatic rings. The van der Waals surface area contributed by atoms with Gasteiger partial charge in [-0.25, -0.2) is 4.99 Å². The predicted molar refractivity (Wildman–Crippen MR) is 126 cm³/mol. The maximum atomic E-state index is 11.7. The van der Waals surface area contributed by atoms with E-state index in [1.807, 2.05) is 6.92 Å². The first-order chi connectivity index (χ1) is 14.7. The Balaban J connectivity index is 0.00000512. The number of carbonyl (C=O) groups is 1. The lowest BCUT2D eigenvalue weighted by molar-refractivity contribution is -0.114. The van der Waals surface area contributed by atoms with Crippen molar-refractivity contribution in [1.82, 2.24) is 4.90 Å². The van der Waals surface area contributed by atoms with Crippen molar-refractivity contribution in [3.8, 4) is 5.75 Å². The molecule has 32 heavy (non-hydrogen) atoms. The van der Waals surface area contributed by atoms with Gasteiger partial charge in [-0.05, 0) is 18.6 Å². The van der Waals surface area contributed by atoms with E-state index in [0.717, 1.165) is 6.42 Å². The summed E-state index contributed by atoms with van der Waals surface area (Å²) in [5.41, 5.74) is 17.7. The van der Waals surface area contributed by atoms with Crippen molar-refractivity contribution < 1.29 is 19.7 Å². The van der Waals surface area contributed by atoms with Crippen LogP contribution in [0.4, 0.5) is 5.69 Å². The zero-order chi connectivity index (χ0) is 23.1. The second kappa shape index (κ2) is 12.5. The largest absolute Gasteiger partial charge is 0.489 e. The molecule has 2 rings (SSSR count). The van der Waals surface area contributed by atoms with Crippen molar-refractivity contribution >= 4 is 46.7 Å². The lowest BCUT2D eigenvalue weighted by Gasteiger charge is -2.38. The number of carbonyl (C=O) groups excluding carboxylic acids is 1. The number of ether oxygens (including phenoxy) is 1. The number of aliphatic imine (C=N–C) groups is 1. The van der Waals surface area contributed by atoms with Crippen LogP contribution in [-0.2, 0) is 4.79 Å². The van der Waals surface area contributed by atoms with Crippen molar-refractivity contribution in [2.24, 2.45) is 22.2 Å². The molecule has 1 aliphatic rings. The van der Waals surface area contributed by atoms with Crippen LogP contribution in [0, 0.1) is 5.41 Å². The van der Waals surface area contributed by atoms with E-state index in [1.165, 1.54) is 4.90 Å². The second-order valence-electron chi connectivity index (χ2n) is 6.79. The molecule has 0 saturated heterocycles. The Labute approximate surface area is 197 Å². The Morgan fingerprint density at radius 3 is 2.69 bits per heavy atom. The molecule has 1 aromatic carbocycles. The highest BCUT2D eigenvalue weighted by atomic mass is 35.5. The van der Waals surface area contributed by atoms with Crippen molar-refractivity contribution in [2.75, 3.05) is 24.7 Å². The number of rotatable bonds is 9. The van der Waals surface area contributed by atoms with Gasteiger partial charge in [-0.2, -0.15) is 0 Å². The van der Waals surface area contributed by atoms with Gasteiger partial charge < -0.3 is 37.1 Å². The number of halogens is 2. The number of hydrogen-bond donors (Lipinski definition) is 6. The summed E-state index contributed by atoms with van der Waals surface area (Å²) in [5, 5.41) is 27.4. The zero-order valence-electron chi connectivity index (χ0n) is 17.6. The lowest BCUT2D eigenvalue weighted by atomic mass is 10.2. The topological polar surface area (TPSA) is 188 Å². The number of amides is 1. The number of guanidine groups is 1. The van der Waals surface area contributed by atoms with Gasteiger partial charge in [0.25, 0.3) is 5.91 Å². The fourth-order valence-corrected chi connectivity index (χ4v) is 3.04. The van der Waals surface area contributed by atoms with E-state index in [9.17, 15) is 9.90 Å². The van der Waals surface area contributed by atoms with Crippen LogP contribution in [0.25, 0.3) is 0 Å². The number of benzene rings is 1. The molecule has 13 heteroatoms. The number of hydrogen-bond acceptors (Lipinski definition) is 8. The Morgan fingerprint density at radius 2 is 2.09 bits per heavy atom. The smallest absolute Gasteiger partial charge is 0.271 e. The minimum Gasteiger partial charge on any atom is -0.489 e. The van der Waals surface area contributed by atoms with Gasteiger partial charge in [-0.1, -0.05) is 37.1 Å². The van der Waals surface area contributed by atoms with Crippen molar-refractivity contribution in [3.05, 3.63) is 35.8 Å². The lowest BCUT2D eigenvalue weighted by Crippen LogP contribution is -2.58. The molecule has 178 valence electrons. The summed E-state index contributed by atoms with van der Waals surface area (Å²) in [6.07, 6.45) is -0.598. The molecule has 0 bridgehead atoms. The average molecular weight is 490 g/mol. The van der Waals surface area contributed by atoms with Crippen molar-refractivity contribution in [1.29, 1.82) is 5.41 Å². The molecular weight excluding hydrogens is 461 g/mol. The molecule has 0 aliphatic carbocycles. The summed E-state index contributed by atoms with van der Waals surface area (Å²) in [4.78, 5) is 18.4. The van der Waals surface area contributed by atoms with E-state index in [0.29, 0.717) is 24.4 Å². The molecule has 0 radical (unpaired) electrons. The molecule has 1 aliphatic heterocycles. The summed E-state index contributed by atoms with van der Waals surface area (Å²) in [5.74, 6) is -0.880. The minimum absolute atomic E-state index is 0. The molecule has 0 fully saturated rings. The van der Waals surface area contributed by atoms with Crippen LogP contribution < -0.4 is 26.8 Å². The molecule has 0 spiro atoms. The number of aliphatic hydroxyl groups excluding tert-OH is 2. The van der Waals surface area contributed by atoms with E-state index in [-0.39, 0.29) is 41.7 Å². The van der Waals surface area contributed by atoms with E-state index in [2.05, 4.69) is 4.99 Å². The third-order valence-electron chi connectivity index (χ3n) is 4.49. The molecule has 1 heterocycles. The molecule has 0 aromatic heterocycles. The maximum absolute atomic E-state index is 11.7. The Bertz CT molecular complexity index is 881. The first kappa shape index (κ1) is 27.5. The van der Waals surface area contributed by atoms with E-state index in [1.54, 1.807) is 29.2 Å². The highest BCUT2D eigenvalue weighted by Crippen LogP contribution is 2.31. The van der Waals surface area contributed by atoms with E-state index in [4.69, 9.17) is 44.1 Å². The Morgan fingerprint density at radius 1 is 1.44 bits per heavy atom. The second-order valence-corrected chi connectivity index (χ2v) is 7.18. The molecule has 0 saturated carbocycles. The normalized spacial score (nSPS) is 16.7. The van der Waals surface area contributed by atoms with Crippen molar-refractivity contribution in [2.45, 2.75) is 32.0 Å². The van der Waals surface area contributed by atoms with Gasteiger partial charge in [-0.15, -0.1) is 12.4 Å². The van der Waals surface area contributed by atoms with Crippen LogP contribution in [0.2, 0.25) is 0 Å². The van der Waals surface area contributed by atoms with E-state index >= 15 is 0 Å². The number of nitrogens with zero attached hydrogens (tertiary/aromatic N) is 3. The fourth-order valence-electron chi connectivity index (χ4n) is 2.86. The predicted octanol–water partition coefficient (Wildman–Crippen LogP) is 0.232. The summed E-state index contributed by atoms with van der Waals surface area (Å²) in [6.45, 7) is 1.81. The van der Waals surface area contributed by atoms with Crippen LogP contribution >= 0.6 is 24.0 Å². The van der Waals surface area contributed by atoms with Gasteiger partial charge in [0.15, 0.2) is 5.70 Å². The molecule has 11 nitrogen and oxygen atoms in total. The monoisotopic (exact) mass is 489 g/mol. The number of anilines is 1. The van der Waals surface area contributed by atoms with Gasteiger partial charge in [0, 0.05) is 6.54 Å². The number of nitrogens with two attached hydrogens (primary N) is 3. The minimum atomic E-state index is -1.09. The SMILES string of the molecule is CCCCN(C(=N)N1C(N)=C(C(N)=O)N=C(Cl)C1N)c1ccccc1OCC(O)CO.Cl. The maximum Gasteiger partial charge on any atom is 0.271 e. The number of nitrogens with one attached hydrogen (secondary N) is 1. The number of unbranched alkanes of at least 4 members (excludes halogenated alkanes) is 1. The summed E-state index contributed by atoms with van der Waals surface area (Å²) in [6, 6.07) is 6.89. The van der Waals surface area contributed by atoms with Gasteiger partial charge in [0.2, 0.25) is 5.96 Å². The average Bonchev–Trinajstić information content (AvgIpc) is 2.75. The highest BCUT2D eigenvalue weighted by Gasteiger charge is 2.35. The van der Waals surface area contributed by atoms with Crippen LogP contribution in [0.3, 0.4) is 0 Å². The zero-order valence-corrected chi connectivity index (χ0v) is 19.1.